The predicted molar refractivity (Wildman–Crippen MR) is 173 cm³/mol. The van der Waals surface area contributed by atoms with Crippen molar-refractivity contribution in [1.82, 2.24) is 24.4 Å². The summed E-state index contributed by atoms with van der Waals surface area (Å²) >= 11 is 0. The van der Waals surface area contributed by atoms with Crippen LogP contribution in [0.25, 0.3) is 11.0 Å². The van der Waals surface area contributed by atoms with E-state index in [4.69, 9.17) is 14.5 Å². The summed E-state index contributed by atoms with van der Waals surface area (Å²) < 4.78 is 13.5. The standard InChI is InChI=1S/C33H47N7O4/c1-7-8-19-43-23(3)28-22(2)26-21-35-31(37-29(26)40(30(28)41)24-11-9-10-12-24)36-27-14-13-25(20-34-27)38-15-17-39(18-16-38)32(42)44-33(4,5)6/h13-14,20-21,23-24H,7-12,15-19H2,1-6H3,(H,34,35,36,37). The highest BCUT2D eigenvalue weighted by Gasteiger charge is 2.28. The minimum absolute atomic E-state index is 0.00945. The van der Waals surface area contributed by atoms with Crippen LogP contribution >= 0.6 is 0 Å². The molecule has 2 fully saturated rings. The lowest BCUT2D eigenvalue weighted by molar-refractivity contribution is 0.0240. The Bertz CT molecular complexity index is 1500. The second kappa shape index (κ2) is 13.5. The van der Waals surface area contributed by atoms with E-state index in [2.05, 4.69) is 27.1 Å². The van der Waals surface area contributed by atoms with Gasteiger partial charge in [-0.1, -0.05) is 26.2 Å². The van der Waals surface area contributed by atoms with E-state index < -0.39 is 5.60 Å². The van der Waals surface area contributed by atoms with Gasteiger partial charge in [0, 0.05) is 56.0 Å². The summed E-state index contributed by atoms with van der Waals surface area (Å²) in [6.07, 6.45) is 9.20. The number of fused-ring (bicyclic) bond motifs is 1. The minimum Gasteiger partial charge on any atom is -0.444 e. The van der Waals surface area contributed by atoms with Crippen LogP contribution in [-0.4, -0.2) is 68.9 Å². The highest BCUT2D eigenvalue weighted by molar-refractivity contribution is 5.81. The molecule has 3 aromatic rings. The van der Waals surface area contributed by atoms with Gasteiger partial charge >= 0.3 is 6.09 Å². The lowest BCUT2D eigenvalue weighted by Gasteiger charge is -2.36. The van der Waals surface area contributed by atoms with E-state index in [0.717, 1.165) is 55.2 Å². The number of unbranched alkanes of at least 4 members (excludes halogenated alkanes) is 1. The van der Waals surface area contributed by atoms with Crippen molar-refractivity contribution >= 4 is 34.6 Å². The zero-order valence-electron chi connectivity index (χ0n) is 27.1. The molecule has 11 nitrogen and oxygen atoms in total. The van der Waals surface area contributed by atoms with Crippen molar-refractivity contribution in [1.29, 1.82) is 0 Å². The van der Waals surface area contributed by atoms with Gasteiger partial charge in [0.25, 0.3) is 5.56 Å². The molecule has 4 heterocycles. The summed E-state index contributed by atoms with van der Waals surface area (Å²) in [5, 5.41) is 4.11. The third-order valence-corrected chi connectivity index (χ3v) is 8.50. The SMILES string of the molecule is CCCCOC(C)c1c(C)c2cnc(Nc3ccc(N4CCN(C(=O)OC(C)(C)C)CC4)cn3)nc2n(C2CCCC2)c1=O. The van der Waals surface area contributed by atoms with Crippen LogP contribution in [0, 0.1) is 6.92 Å². The third-order valence-electron chi connectivity index (χ3n) is 8.50. The molecule has 1 saturated carbocycles. The molecule has 3 aromatic heterocycles. The number of hydrogen-bond donors (Lipinski definition) is 1. The van der Waals surface area contributed by atoms with Crippen molar-refractivity contribution < 1.29 is 14.3 Å². The van der Waals surface area contributed by atoms with E-state index in [9.17, 15) is 9.59 Å². The van der Waals surface area contributed by atoms with Gasteiger partial charge in [0.2, 0.25) is 5.95 Å². The van der Waals surface area contributed by atoms with Crippen LogP contribution in [-0.2, 0) is 9.47 Å². The van der Waals surface area contributed by atoms with E-state index >= 15 is 0 Å². The van der Waals surface area contributed by atoms with Crippen molar-refractivity contribution in [3.63, 3.8) is 0 Å². The molecule has 238 valence electrons. The smallest absolute Gasteiger partial charge is 0.410 e. The van der Waals surface area contributed by atoms with Crippen molar-refractivity contribution in [2.24, 2.45) is 0 Å². The molecule has 11 heteroatoms. The third kappa shape index (κ3) is 7.14. The number of carbonyl (C=O) groups is 1. The Morgan fingerprint density at radius 1 is 1.09 bits per heavy atom. The zero-order chi connectivity index (χ0) is 31.4. The van der Waals surface area contributed by atoms with Gasteiger partial charge in [-0.3, -0.25) is 9.36 Å². The zero-order valence-corrected chi connectivity index (χ0v) is 27.1. The summed E-state index contributed by atoms with van der Waals surface area (Å²) in [7, 11) is 0. The predicted octanol–water partition coefficient (Wildman–Crippen LogP) is 6.29. The van der Waals surface area contributed by atoms with Crippen molar-refractivity contribution in [3.8, 4) is 0 Å². The number of hydrogen-bond acceptors (Lipinski definition) is 9. The van der Waals surface area contributed by atoms with Crippen molar-refractivity contribution in [3.05, 3.63) is 46.0 Å². The highest BCUT2D eigenvalue weighted by atomic mass is 16.6. The molecule has 1 aliphatic heterocycles. The number of amides is 1. The van der Waals surface area contributed by atoms with Gasteiger partial charge in [-0.2, -0.15) is 4.98 Å². The second-order valence-corrected chi connectivity index (χ2v) is 12.9. The number of nitrogens with zero attached hydrogens (tertiary/aromatic N) is 6. The van der Waals surface area contributed by atoms with Crippen LogP contribution in [0.15, 0.2) is 29.3 Å². The van der Waals surface area contributed by atoms with Crippen molar-refractivity contribution in [2.45, 2.75) is 97.8 Å². The Morgan fingerprint density at radius 2 is 1.82 bits per heavy atom. The van der Waals surface area contributed by atoms with Crippen LogP contribution in [0.3, 0.4) is 0 Å². The lowest BCUT2D eigenvalue weighted by Crippen LogP contribution is -2.50. The molecule has 1 N–H and O–H groups in total. The number of pyridine rings is 2. The largest absolute Gasteiger partial charge is 0.444 e. The van der Waals surface area contributed by atoms with E-state index in [1.165, 1.54) is 0 Å². The van der Waals surface area contributed by atoms with Gasteiger partial charge in [0.15, 0.2) is 0 Å². The quantitative estimate of drug-likeness (QED) is 0.281. The maximum atomic E-state index is 14.0. The molecule has 1 aliphatic carbocycles. The van der Waals surface area contributed by atoms with E-state index in [0.29, 0.717) is 55.8 Å². The molecule has 1 atom stereocenters. The monoisotopic (exact) mass is 605 g/mol. The average Bonchev–Trinajstić information content (AvgIpc) is 3.51. The van der Waals surface area contributed by atoms with Gasteiger partial charge in [-0.05, 0) is 71.6 Å². The summed E-state index contributed by atoms with van der Waals surface area (Å²) in [5.41, 5.74) is 2.70. The van der Waals surface area contributed by atoms with E-state index in [-0.39, 0.29) is 23.8 Å². The Morgan fingerprint density at radius 3 is 2.45 bits per heavy atom. The first-order valence-corrected chi connectivity index (χ1v) is 16.0. The molecule has 1 saturated heterocycles. The number of aromatic nitrogens is 4. The van der Waals surface area contributed by atoms with Crippen LogP contribution in [0.4, 0.5) is 22.2 Å². The Kier molecular flexibility index (Phi) is 9.72. The fourth-order valence-electron chi connectivity index (χ4n) is 6.12. The van der Waals surface area contributed by atoms with Gasteiger partial charge in [0.1, 0.15) is 17.1 Å². The number of anilines is 3. The van der Waals surface area contributed by atoms with E-state index in [1.54, 1.807) is 4.90 Å². The fourth-order valence-corrected chi connectivity index (χ4v) is 6.12. The Balaban J connectivity index is 1.33. The maximum Gasteiger partial charge on any atom is 0.410 e. The van der Waals surface area contributed by atoms with Crippen LogP contribution in [0.1, 0.15) is 96.4 Å². The van der Waals surface area contributed by atoms with Gasteiger partial charge in [-0.15, -0.1) is 0 Å². The summed E-state index contributed by atoms with van der Waals surface area (Å²) in [6.45, 7) is 14.9. The molecular formula is C33H47N7O4. The first-order chi connectivity index (χ1) is 21.1. The molecule has 1 unspecified atom stereocenters. The summed E-state index contributed by atoms with van der Waals surface area (Å²) in [6, 6.07) is 4.02. The Hall–Kier alpha value is -3.73. The first kappa shape index (κ1) is 31.7. The number of nitrogens with one attached hydrogen (secondary N) is 1. The van der Waals surface area contributed by atoms with Crippen LogP contribution < -0.4 is 15.8 Å². The van der Waals surface area contributed by atoms with Gasteiger partial charge in [-0.25, -0.2) is 14.8 Å². The molecule has 44 heavy (non-hydrogen) atoms. The minimum atomic E-state index is -0.507. The normalized spacial score (nSPS) is 16.9. The Labute approximate surface area is 260 Å². The number of ether oxygens (including phenoxy) is 2. The number of aryl methyl sites for hydroxylation is 1. The first-order valence-electron chi connectivity index (χ1n) is 16.0. The molecule has 0 bridgehead atoms. The molecule has 0 aromatic carbocycles. The topological polar surface area (TPSA) is 115 Å². The molecular weight excluding hydrogens is 558 g/mol. The summed E-state index contributed by atoms with van der Waals surface area (Å²) in [5.74, 6) is 1.01. The lowest BCUT2D eigenvalue weighted by atomic mass is 10.0. The van der Waals surface area contributed by atoms with E-state index in [1.807, 2.05) is 63.7 Å². The average molecular weight is 606 g/mol. The van der Waals surface area contributed by atoms with Crippen molar-refractivity contribution in [2.75, 3.05) is 43.0 Å². The van der Waals surface area contributed by atoms with Gasteiger partial charge < -0.3 is 24.6 Å². The molecule has 1 amide bonds. The number of carbonyl (C=O) groups excluding carboxylic acids is 1. The highest BCUT2D eigenvalue weighted by Crippen LogP contribution is 2.33. The summed E-state index contributed by atoms with van der Waals surface area (Å²) in [4.78, 5) is 44.5. The molecule has 5 rings (SSSR count). The maximum absolute atomic E-state index is 14.0. The van der Waals surface area contributed by atoms with Crippen LogP contribution in [0.2, 0.25) is 0 Å². The number of rotatable bonds is 9. The molecule has 0 radical (unpaired) electrons. The van der Waals surface area contributed by atoms with Crippen LogP contribution in [0.5, 0.6) is 0 Å². The number of piperazine rings is 1. The van der Waals surface area contributed by atoms with Gasteiger partial charge in [0.05, 0.1) is 18.0 Å². The second-order valence-electron chi connectivity index (χ2n) is 12.9. The fraction of sp³-hybridized carbons (Fsp3) is 0.606. The molecule has 0 spiro atoms. The molecule has 2 aliphatic rings.